The van der Waals surface area contributed by atoms with Gasteiger partial charge >= 0.3 is 0 Å². The second kappa shape index (κ2) is 6.62. The van der Waals surface area contributed by atoms with E-state index in [1.807, 2.05) is 51.1 Å². The lowest BCUT2D eigenvalue weighted by Crippen LogP contribution is -2.29. The molecule has 0 spiro atoms. The van der Waals surface area contributed by atoms with Crippen molar-refractivity contribution in [2.24, 2.45) is 0 Å². The zero-order valence-electron chi connectivity index (χ0n) is 15.3. The van der Waals surface area contributed by atoms with Crippen molar-refractivity contribution in [3.8, 4) is 0 Å². The molecule has 0 aliphatic heterocycles. The van der Waals surface area contributed by atoms with Crippen LogP contribution in [0.25, 0.3) is 16.0 Å². The van der Waals surface area contributed by atoms with Crippen LogP contribution in [0.4, 0.5) is 0 Å². The van der Waals surface area contributed by atoms with E-state index in [0.29, 0.717) is 22.5 Å². The molecule has 3 heterocycles. The van der Waals surface area contributed by atoms with E-state index in [2.05, 4.69) is 15.4 Å². The van der Waals surface area contributed by atoms with Crippen molar-refractivity contribution in [2.45, 2.75) is 33.9 Å². The average Bonchev–Trinajstić information content (AvgIpc) is 3.14. The highest BCUT2D eigenvalue weighted by Crippen LogP contribution is 2.18. The number of aryl methyl sites for hydroxylation is 3. The molecule has 7 nitrogen and oxygen atoms in total. The van der Waals surface area contributed by atoms with Gasteiger partial charge in [0.1, 0.15) is 17.1 Å². The minimum absolute atomic E-state index is 0.0628. The Bertz CT molecular complexity index is 1220. The van der Waals surface area contributed by atoms with Gasteiger partial charge in [-0.15, -0.1) is 0 Å². The summed E-state index contributed by atoms with van der Waals surface area (Å²) < 4.78 is 3.01. The van der Waals surface area contributed by atoms with Crippen molar-refractivity contribution < 1.29 is 4.79 Å². The van der Waals surface area contributed by atoms with Crippen molar-refractivity contribution in [2.75, 3.05) is 0 Å². The topological polar surface area (TPSA) is 81.3 Å². The predicted octanol–water partition coefficient (Wildman–Crippen LogP) is 2.35. The van der Waals surface area contributed by atoms with Crippen LogP contribution in [0.15, 0.2) is 35.1 Å². The minimum atomic E-state index is -0.251. The summed E-state index contributed by atoms with van der Waals surface area (Å²) >= 11 is 1.37. The summed E-state index contributed by atoms with van der Waals surface area (Å²) in [6, 6.07) is 9.84. The van der Waals surface area contributed by atoms with Gasteiger partial charge in [0, 0.05) is 12.2 Å². The maximum Gasteiger partial charge on any atom is 0.299 e. The van der Waals surface area contributed by atoms with Gasteiger partial charge in [0.25, 0.3) is 5.56 Å². The second-order valence-corrected chi connectivity index (χ2v) is 7.76. The third-order valence-corrected chi connectivity index (χ3v) is 5.29. The third-order valence-electron chi connectivity index (χ3n) is 4.47. The summed E-state index contributed by atoms with van der Waals surface area (Å²) in [5, 5.41) is 7.90. The third kappa shape index (κ3) is 3.23. The summed E-state index contributed by atoms with van der Waals surface area (Å²) in [5.41, 5.74) is 3.77. The van der Waals surface area contributed by atoms with Gasteiger partial charge < -0.3 is 9.88 Å². The Labute approximate surface area is 159 Å². The van der Waals surface area contributed by atoms with Crippen molar-refractivity contribution in [1.29, 1.82) is 0 Å². The van der Waals surface area contributed by atoms with Crippen LogP contribution in [0.1, 0.15) is 21.8 Å². The zero-order valence-corrected chi connectivity index (χ0v) is 16.1. The Balaban J connectivity index is 1.62. The molecule has 1 N–H and O–H groups in total. The lowest BCUT2D eigenvalue weighted by molar-refractivity contribution is -0.121. The molecule has 4 aromatic rings. The Morgan fingerprint density at radius 2 is 1.93 bits per heavy atom. The number of carbonyl (C=O) groups excluding carboxylic acids is 1. The predicted molar refractivity (Wildman–Crippen MR) is 105 cm³/mol. The first-order valence-electron chi connectivity index (χ1n) is 8.61. The molecule has 1 amide bonds. The number of fused-ring (bicyclic) bond motifs is 2. The first-order valence-corrected chi connectivity index (χ1v) is 9.42. The number of rotatable bonds is 4. The molecule has 1 aromatic carbocycles. The Hall–Kier alpha value is -3.00. The van der Waals surface area contributed by atoms with Crippen LogP contribution in [0.3, 0.4) is 0 Å². The molecule has 0 saturated heterocycles. The van der Waals surface area contributed by atoms with Crippen LogP contribution >= 0.6 is 11.3 Å². The number of nitrogens with one attached hydrogen (secondary N) is 1. The molecule has 0 saturated carbocycles. The molecule has 0 aliphatic carbocycles. The normalized spacial score (nSPS) is 11.4. The summed E-state index contributed by atoms with van der Waals surface area (Å²) in [5.74, 6) is -0.157. The van der Waals surface area contributed by atoms with Crippen LogP contribution in [0.5, 0.6) is 0 Å². The molecule has 0 bridgehead atoms. The largest absolute Gasteiger partial charge is 0.350 e. The maximum atomic E-state index is 12.8. The highest BCUT2D eigenvalue weighted by molar-refractivity contribution is 7.16. The molecular weight excluding hydrogens is 362 g/mol. The van der Waals surface area contributed by atoms with E-state index in [1.54, 1.807) is 4.57 Å². The highest BCUT2D eigenvalue weighted by atomic mass is 32.1. The molecule has 0 atom stereocenters. The van der Waals surface area contributed by atoms with Gasteiger partial charge in [-0.1, -0.05) is 41.2 Å². The Morgan fingerprint density at radius 3 is 2.67 bits per heavy atom. The van der Waals surface area contributed by atoms with Crippen molar-refractivity contribution >= 4 is 33.2 Å². The summed E-state index contributed by atoms with van der Waals surface area (Å²) in [7, 11) is 0. The number of benzene rings is 1. The number of carbonyl (C=O) groups is 1. The Morgan fingerprint density at radius 1 is 1.19 bits per heavy atom. The number of hydrogen-bond donors (Lipinski definition) is 1. The minimum Gasteiger partial charge on any atom is -0.350 e. The fourth-order valence-corrected chi connectivity index (χ4v) is 3.80. The van der Waals surface area contributed by atoms with Crippen LogP contribution < -0.4 is 10.9 Å². The van der Waals surface area contributed by atoms with E-state index in [4.69, 9.17) is 0 Å². The molecule has 0 radical (unpaired) electrons. The number of nitrogens with zero attached hydrogens (tertiary/aromatic N) is 4. The molecular formula is C19H19N5O2S. The van der Waals surface area contributed by atoms with Gasteiger partial charge in [0.2, 0.25) is 10.9 Å². The molecule has 8 heteroatoms. The van der Waals surface area contributed by atoms with Crippen LogP contribution in [0.2, 0.25) is 0 Å². The van der Waals surface area contributed by atoms with Crippen molar-refractivity contribution in [1.82, 2.24) is 24.5 Å². The number of aromatic nitrogens is 4. The van der Waals surface area contributed by atoms with E-state index in [1.165, 1.54) is 21.4 Å². The van der Waals surface area contributed by atoms with Gasteiger partial charge in [0.15, 0.2) is 0 Å². The van der Waals surface area contributed by atoms with E-state index in [9.17, 15) is 9.59 Å². The van der Waals surface area contributed by atoms with Gasteiger partial charge in [-0.3, -0.25) is 9.59 Å². The van der Waals surface area contributed by atoms with Gasteiger partial charge in [-0.05, 0) is 32.4 Å². The van der Waals surface area contributed by atoms with E-state index in [-0.39, 0.29) is 18.0 Å². The first kappa shape index (κ1) is 17.4. The highest BCUT2D eigenvalue weighted by Gasteiger charge is 2.17. The van der Waals surface area contributed by atoms with Gasteiger partial charge in [0.05, 0.1) is 5.52 Å². The fraction of sp³-hybridized carbons (Fsp3) is 0.263. The van der Waals surface area contributed by atoms with E-state index >= 15 is 0 Å². The maximum absolute atomic E-state index is 12.8. The van der Waals surface area contributed by atoms with Crippen molar-refractivity contribution in [3.63, 3.8) is 0 Å². The fourth-order valence-electron chi connectivity index (χ4n) is 3.06. The molecule has 27 heavy (non-hydrogen) atoms. The van der Waals surface area contributed by atoms with Crippen LogP contribution in [-0.2, 0) is 17.9 Å². The molecule has 138 valence electrons. The molecule has 3 aromatic heterocycles. The Kier molecular flexibility index (Phi) is 4.27. The molecule has 4 rings (SSSR count). The standard InChI is InChI=1S/C19H19N5O2S/c1-11-4-6-14(7-5-11)9-20-16(25)10-23-12(2)8-15-17(23)18(26)24-19(21-15)27-13(3)22-24/h4-8H,9-10H2,1-3H3,(H,20,25). The van der Waals surface area contributed by atoms with Crippen LogP contribution in [-0.4, -0.2) is 25.1 Å². The monoisotopic (exact) mass is 381 g/mol. The van der Waals surface area contributed by atoms with E-state index in [0.717, 1.165) is 16.3 Å². The first-order chi connectivity index (χ1) is 12.9. The lowest BCUT2D eigenvalue weighted by atomic mass is 10.1. The zero-order chi connectivity index (χ0) is 19.1. The average molecular weight is 381 g/mol. The summed E-state index contributed by atoms with van der Waals surface area (Å²) in [6.07, 6.45) is 0. The quantitative estimate of drug-likeness (QED) is 0.588. The molecule has 0 aliphatic rings. The number of amides is 1. The second-order valence-electron chi connectivity index (χ2n) is 6.60. The lowest BCUT2D eigenvalue weighted by Gasteiger charge is -2.09. The summed E-state index contributed by atoms with van der Waals surface area (Å²) in [4.78, 5) is 30.4. The smallest absolute Gasteiger partial charge is 0.299 e. The van der Waals surface area contributed by atoms with Gasteiger partial charge in [-0.25, -0.2) is 4.98 Å². The van der Waals surface area contributed by atoms with E-state index < -0.39 is 0 Å². The molecule has 0 unspecified atom stereocenters. The SMILES string of the molecule is Cc1ccc(CNC(=O)Cn2c(C)cc3nc4sc(C)nn4c(=O)c32)cc1. The molecule has 0 fully saturated rings. The summed E-state index contributed by atoms with van der Waals surface area (Å²) in [6.45, 7) is 6.24. The van der Waals surface area contributed by atoms with Crippen molar-refractivity contribution in [3.05, 3.63) is 62.5 Å². The van der Waals surface area contributed by atoms with Crippen LogP contribution in [0, 0.1) is 20.8 Å². The number of hydrogen-bond acceptors (Lipinski definition) is 5. The van der Waals surface area contributed by atoms with Gasteiger partial charge in [-0.2, -0.15) is 9.61 Å².